The lowest BCUT2D eigenvalue weighted by Gasteiger charge is -2.32. The fraction of sp³-hybridized carbons (Fsp3) is 0.857. The zero-order chi connectivity index (χ0) is 7.56. The van der Waals surface area contributed by atoms with Crippen LogP contribution in [0.15, 0.2) is 0 Å². The highest BCUT2D eigenvalue weighted by atomic mass is 35.5. The summed E-state index contributed by atoms with van der Waals surface area (Å²) < 4.78 is 0. The molecule has 1 N–H and O–H groups in total. The molecule has 1 aliphatic heterocycles. The van der Waals surface area contributed by atoms with E-state index in [1.165, 1.54) is 0 Å². The maximum absolute atomic E-state index is 10.9. The molecule has 1 saturated heterocycles. The van der Waals surface area contributed by atoms with E-state index < -0.39 is 0 Å². The van der Waals surface area contributed by atoms with Gasteiger partial charge in [0.05, 0.1) is 0 Å². The van der Waals surface area contributed by atoms with Crippen LogP contribution in [0, 0.1) is 0 Å². The minimum absolute atomic E-state index is 0. The average molecular weight is 179 g/mol. The number of hydrogen-bond acceptors (Lipinski definition) is 2. The van der Waals surface area contributed by atoms with Gasteiger partial charge in [0.2, 0.25) is 5.91 Å². The molecular weight excluding hydrogens is 164 g/mol. The second kappa shape index (κ2) is 4.57. The molecule has 0 unspecified atom stereocenters. The van der Waals surface area contributed by atoms with E-state index in [0.717, 1.165) is 19.6 Å². The third-order valence-corrected chi connectivity index (χ3v) is 1.91. The van der Waals surface area contributed by atoms with Gasteiger partial charge in [0.25, 0.3) is 0 Å². The number of piperazine rings is 1. The first-order valence-electron chi connectivity index (χ1n) is 3.69. The van der Waals surface area contributed by atoms with Crippen molar-refractivity contribution >= 4 is 18.3 Å². The predicted molar refractivity (Wildman–Crippen MR) is 47.0 cm³/mol. The minimum atomic E-state index is 0. The lowest BCUT2D eigenvalue weighted by atomic mass is 10.2. The average Bonchev–Trinajstić information content (AvgIpc) is 1.88. The number of carbonyl (C=O) groups excluding carboxylic acids is 1. The molecule has 4 heteroatoms. The van der Waals surface area contributed by atoms with Crippen molar-refractivity contribution in [2.24, 2.45) is 0 Å². The molecule has 1 rings (SSSR count). The van der Waals surface area contributed by atoms with E-state index in [9.17, 15) is 4.79 Å². The first kappa shape index (κ1) is 10.7. The summed E-state index contributed by atoms with van der Waals surface area (Å²) >= 11 is 0. The lowest BCUT2D eigenvalue weighted by molar-refractivity contribution is -0.131. The molecule has 0 aromatic carbocycles. The third-order valence-electron chi connectivity index (χ3n) is 1.91. The van der Waals surface area contributed by atoms with Crippen LogP contribution in [-0.4, -0.2) is 36.5 Å². The highest BCUT2D eigenvalue weighted by Gasteiger charge is 2.18. The smallest absolute Gasteiger partial charge is 0.219 e. The van der Waals surface area contributed by atoms with Crippen LogP contribution in [0.4, 0.5) is 0 Å². The van der Waals surface area contributed by atoms with Gasteiger partial charge < -0.3 is 10.2 Å². The van der Waals surface area contributed by atoms with Gasteiger partial charge >= 0.3 is 0 Å². The van der Waals surface area contributed by atoms with Gasteiger partial charge in [0.1, 0.15) is 0 Å². The first-order valence-corrected chi connectivity index (χ1v) is 3.69. The van der Waals surface area contributed by atoms with E-state index >= 15 is 0 Å². The molecule has 0 spiro atoms. The normalized spacial score (nSPS) is 24.2. The van der Waals surface area contributed by atoms with Gasteiger partial charge in [-0.3, -0.25) is 4.79 Å². The topological polar surface area (TPSA) is 32.3 Å². The van der Waals surface area contributed by atoms with Crippen molar-refractivity contribution in [1.82, 2.24) is 10.2 Å². The van der Waals surface area contributed by atoms with Gasteiger partial charge in [-0.2, -0.15) is 0 Å². The Hall–Kier alpha value is -0.280. The quantitative estimate of drug-likeness (QED) is 0.577. The van der Waals surface area contributed by atoms with E-state index in [2.05, 4.69) is 12.2 Å². The van der Waals surface area contributed by atoms with Gasteiger partial charge in [-0.1, -0.05) is 0 Å². The van der Waals surface area contributed by atoms with E-state index in [1.54, 1.807) is 6.92 Å². The number of hydrogen-bond donors (Lipinski definition) is 1. The van der Waals surface area contributed by atoms with Gasteiger partial charge in [-0.15, -0.1) is 12.4 Å². The Bertz CT molecular complexity index is 140. The van der Waals surface area contributed by atoms with Crippen molar-refractivity contribution in [3.8, 4) is 0 Å². The van der Waals surface area contributed by atoms with Crippen LogP contribution in [0.3, 0.4) is 0 Å². The molecular formula is C7H15ClN2O. The van der Waals surface area contributed by atoms with Crippen LogP contribution in [0.2, 0.25) is 0 Å². The number of nitrogens with zero attached hydrogens (tertiary/aromatic N) is 1. The Balaban J connectivity index is 0.000001000. The monoisotopic (exact) mass is 178 g/mol. The molecule has 1 atom stereocenters. The molecule has 1 fully saturated rings. The van der Waals surface area contributed by atoms with Gasteiger partial charge in [0.15, 0.2) is 0 Å². The summed E-state index contributed by atoms with van der Waals surface area (Å²) in [5.41, 5.74) is 0. The molecule has 0 saturated carbocycles. The number of rotatable bonds is 0. The Morgan fingerprint density at radius 3 is 2.64 bits per heavy atom. The largest absolute Gasteiger partial charge is 0.338 e. The Kier molecular flexibility index (Phi) is 4.45. The number of nitrogens with one attached hydrogen (secondary N) is 1. The van der Waals surface area contributed by atoms with Crippen LogP contribution in [0.5, 0.6) is 0 Å². The summed E-state index contributed by atoms with van der Waals surface area (Å²) in [6.07, 6.45) is 0. The fourth-order valence-electron chi connectivity index (χ4n) is 1.31. The fourth-order valence-corrected chi connectivity index (χ4v) is 1.31. The van der Waals surface area contributed by atoms with Crippen LogP contribution in [0.1, 0.15) is 13.8 Å². The molecule has 0 bridgehead atoms. The predicted octanol–water partition coefficient (Wildman–Crippen LogP) is 0.248. The molecule has 1 amide bonds. The SMILES string of the molecule is CC(=O)N1CCNC[C@@H]1C.Cl. The van der Waals surface area contributed by atoms with Crippen LogP contribution < -0.4 is 5.32 Å². The summed E-state index contributed by atoms with van der Waals surface area (Å²) in [4.78, 5) is 12.8. The molecule has 0 aromatic rings. The molecule has 0 aliphatic carbocycles. The number of halogens is 1. The van der Waals surface area contributed by atoms with Crippen molar-refractivity contribution in [2.45, 2.75) is 19.9 Å². The molecule has 3 nitrogen and oxygen atoms in total. The molecule has 0 aromatic heterocycles. The number of carbonyl (C=O) groups is 1. The molecule has 66 valence electrons. The molecule has 11 heavy (non-hydrogen) atoms. The van der Waals surface area contributed by atoms with Crippen molar-refractivity contribution in [1.29, 1.82) is 0 Å². The third kappa shape index (κ3) is 2.67. The van der Waals surface area contributed by atoms with Gasteiger partial charge in [-0.25, -0.2) is 0 Å². The maximum atomic E-state index is 10.9. The summed E-state index contributed by atoms with van der Waals surface area (Å²) in [7, 11) is 0. The Morgan fingerprint density at radius 2 is 2.27 bits per heavy atom. The summed E-state index contributed by atoms with van der Waals surface area (Å²) in [5, 5.41) is 3.23. The van der Waals surface area contributed by atoms with Crippen LogP contribution in [-0.2, 0) is 4.79 Å². The van der Waals surface area contributed by atoms with Crippen LogP contribution >= 0.6 is 12.4 Å². The van der Waals surface area contributed by atoms with Gasteiger partial charge in [-0.05, 0) is 6.92 Å². The van der Waals surface area contributed by atoms with E-state index in [1.807, 2.05) is 4.90 Å². The van der Waals surface area contributed by atoms with Crippen molar-refractivity contribution < 1.29 is 4.79 Å². The van der Waals surface area contributed by atoms with Crippen LogP contribution in [0.25, 0.3) is 0 Å². The van der Waals surface area contributed by atoms with E-state index in [-0.39, 0.29) is 18.3 Å². The standard InChI is InChI=1S/C7H14N2O.ClH/c1-6-5-8-3-4-9(6)7(2)10;/h6,8H,3-5H2,1-2H3;1H/t6-;/m0./s1. The highest BCUT2D eigenvalue weighted by Crippen LogP contribution is 2.01. The van der Waals surface area contributed by atoms with Crippen molar-refractivity contribution in [3.63, 3.8) is 0 Å². The van der Waals surface area contributed by atoms with Crippen molar-refractivity contribution in [3.05, 3.63) is 0 Å². The second-order valence-electron chi connectivity index (χ2n) is 2.77. The first-order chi connectivity index (χ1) is 4.72. The maximum Gasteiger partial charge on any atom is 0.219 e. The highest BCUT2D eigenvalue weighted by molar-refractivity contribution is 5.85. The minimum Gasteiger partial charge on any atom is -0.338 e. The molecule has 0 radical (unpaired) electrons. The summed E-state index contributed by atoms with van der Waals surface area (Å²) in [6.45, 7) is 6.41. The molecule has 1 aliphatic rings. The summed E-state index contributed by atoms with van der Waals surface area (Å²) in [6, 6.07) is 0.367. The zero-order valence-corrected chi connectivity index (χ0v) is 7.78. The van der Waals surface area contributed by atoms with Gasteiger partial charge in [0, 0.05) is 32.6 Å². The number of amides is 1. The Labute approximate surface area is 73.5 Å². The molecule has 1 heterocycles. The Morgan fingerprint density at radius 1 is 1.64 bits per heavy atom. The van der Waals surface area contributed by atoms with Crippen molar-refractivity contribution in [2.75, 3.05) is 19.6 Å². The summed E-state index contributed by atoms with van der Waals surface area (Å²) in [5.74, 6) is 0.189. The zero-order valence-electron chi connectivity index (χ0n) is 6.96. The second-order valence-corrected chi connectivity index (χ2v) is 2.77. The van der Waals surface area contributed by atoms with E-state index in [0.29, 0.717) is 6.04 Å². The van der Waals surface area contributed by atoms with E-state index in [4.69, 9.17) is 0 Å². The lowest BCUT2D eigenvalue weighted by Crippen LogP contribution is -2.51.